The van der Waals surface area contributed by atoms with Crippen LogP contribution < -0.4 is 0 Å². The van der Waals surface area contributed by atoms with Gasteiger partial charge in [-0.05, 0) is 42.9 Å². The number of rotatable bonds is 1. The Morgan fingerprint density at radius 2 is 1.87 bits per heavy atom. The molecule has 23 heavy (non-hydrogen) atoms. The predicted molar refractivity (Wildman–Crippen MR) is 90.8 cm³/mol. The summed E-state index contributed by atoms with van der Waals surface area (Å²) in [6.07, 6.45) is 4.60. The maximum Gasteiger partial charge on any atom is 0.137 e. The van der Waals surface area contributed by atoms with Crippen molar-refractivity contribution in [3.63, 3.8) is 0 Å². The van der Waals surface area contributed by atoms with Crippen LogP contribution in [-0.2, 0) is 4.79 Å². The van der Waals surface area contributed by atoms with E-state index < -0.39 is 23.0 Å². The lowest BCUT2D eigenvalue weighted by Crippen LogP contribution is -2.62. The second-order valence-corrected chi connectivity index (χ2v) is 9.10. The molecule has 8 atom stereocenters. The fourth-order valence-corrected chi connectivity index (χ4v) is 6.37. The Hall–Kier alpha value is -0.670. The highest BCUT2D eigenvalue weighted by atomic mass is 16.3. The van der Waals surface area contributed by atoms with E-state index in [1.54, 1.807) is 0 Å². The molecule has 3 heteroatoms. The maximum atomic E-state index is 12.8. The SMILES string of the molecule is C=C[C@]1(C)C[C@@H](O)[C@]2(C)C(C)CC[C@]3(CCC(=O)C32)[C@@H](C)C1O. The van der Waals surface area contributed by atoms with Crippen LogP contribution in [0.15, 0.2) is 12.7 Å². The topological polar surface area (TPSA) is 57.5 Å². The smallest absolute Gasteiger partial charge is 0.137 e. The average molecular weight is 320 g/mol. The van der Waals surface area contributed by atoms with Crippen molar-refractivity contribution in [2.45, 2.75) is 72.0 Å². The van der Waals surface area contributed by atoms with Gasteiger partial charge in [0.1, 0.15) is 5.78 Å². The number of aliphatic hydroxyl groups is 2. The quantitative estimate of drug-likeness (QED) is 0.729. The molecule has 0 amide bonds. The van der Waals surface area contributed by atoms with E-state index in [-0.39, 0.29) is 17.3 Å². The normalized spacial score (nSPS) is 56.6. The fourth-order valence-electron chi connectivity index (χ4n) is 6.37. The van der Waals surface area contributed by atoms with Crippen LogP contribution >= 0.6 is 0 Å². The van der Waals surface area contributed by atoms with Crippen molar-refractivity contribution < 1.29 is 15.0 Å². The van der Waals surface area contributed by atoms with Gasteiger partial charge >= 0.3 is 0 Å². The second kappa shape index (κ2) is 5.16. The molecular weight excluding hydrogens is 288 g/mol. The van der Waals surface area contributed by atoms with Crippen molar-refractivity contribution >= 4 is 5.78 Å². The Morgan fingerprint density at radius 1 is 1.22 bits per heavy atom. The first-order chi connectivity index (χ1) is 10.6. The summed E-state index contributed by atoms with van der Waals surface area (Å²) in [7, 11) is 0. The van der Waals surface area contributed by atoms with E-state index in [0.29, 0.717) is 24.5 Å². The van der Waals surface area contributed by atoms with Gasteiger partial charge in [0.25, 0.3) is 0 Å². The lowest BCUT2D eigenvalue weighted by molar-refractivity contribution is -0.191. The van der Waals surface area contributed by atoms with E-state index >= 15 is 0 Å². The molecule has 0 aliphatic heterocycles. The molecule has 0 heterocycles. The van der Waals surface area contributed by atoms with E-state index in [0.717, 1.165) is 19.3 Å². The van der Waals surface area contributed by atoms with Crippen LogP contribution in [-0.4, -0.2) is 28.2 Å². The summed E-state index contributed by atoms with van der Waals surface area (Å²) in [6, 6.07) is 0. The molecule has 3 unspecified atom stereocenters. The molecule has 0 spiro atoms. The molecule has 2 N–H and O–H groups in total. The van der Waals surface area contributed by atoms with Gasteiger partial charge in [0, 0.05) is 23.2 Å². The van der Waals surface area contributed by atoms with Crippen molar-refractivity contribution in [2.24, 2.45) is 34.0 Å². The molecule has 2 bridgehead atoms. The second-order valence-electron chi connectivity index (χ2n) is 9.10. The molecule has 0 saturated heterocycles. The largest absolute Gasteiger partial charge is 0.392 e. The monoisotopic (exact) mass is 320 g/mol. The van der Waals surface area contributed by atoms with Gasteiger partial charge in [0.15, 0.2) is 0 Å². The van der Waals surface area contributed by atoms with Crippen LogP contribution in [0.25, 0.3) is 0 Å². The predicted octanol–water partition coefficient (Wildman–Crippen LogP) is 3.34. The molecule has 130 valence electrons. The minimum Gasteiger partial charge on any atom is -0.392 e. The number of ketones is 1. The Labute approximate surface area is 140 Å². The summed E-state index contributed by atoms with van der Waals surface area (Å²) in [6.45, 7) is 12.4. The summed E-state index contributed by atoms with van der Waals surface area (Å²) < 4.78 is 0. The van der Waals surface area contributed by atoms with Crippen LogP contribution in [0, 0.1) is 34.0 Å². The molecule has 0 radical (unpaired) electrons. The third kappa shape index (κ3) is 1.99. The van der Waals surface area contributed by atoms with Gasteiger partial charge in [-0.25, -0.2) is 0 Å². The first-order valence-electron chi connectivity index (χ1n) is 9.16. The Kier molecular flexibility index (Phi) is 3.85. The number of carbonyl (C=O) groups is 1. The molecule has 0 aromatic heterocycles. The number of hydrogen-bond acceptors (Lipinski definition) is 3. The number of aliphatic hydroxyl groups excluding tert-OH is 2. The van der Waals surface area contributed by atoms with Crippen LogP contribution in [0.4, 0.5) is 0 Å². The number of carbonyl (C=O) groups excluding carboxylic acids is 1. The van der Waals surface area contributed by atoms with Gasteiger partial charge in [0.05, 0.1) is 12.2 Å². The minimum absolute atomic E-state index is 0.0428. The van der Waals surface area contributed by atoms with Gasteiger partial charge in [-0.1, -0.05) is 33.8 Å². The van der Waals surface area contributed by atoms with Crippen molar-refractivity contribution in [2.75, 3.05) is 0 Å². The van der Waals surface area contributed by atoms with Gasteiger partial charge in [0.2, 0.25) is 0 Å². The first kappa shape index (κ1) is 17.2. The van der Waals surface area contributed by atoms with E-state index in [4.69, 9.17) is 0 Å². The summed E-state index contributed by atoms with van der Waals surface area (Å²) in [5, 5.41) is 22.3. The van der Waals surface area contributed by atoms with Crippen molar-refractivity contribution in [1.29, 1.82) is 0 Å². The van der Waals surface area contributed by atoms with Gasteiger partial charge < -0.3 is 10.2 Å². The van der Waals surface area contributed by atoms with E-state index in [9.17, 15) is 15.0 Å². The zero-order chi connectivity index (χ0) is 17.2. The highest BCUT2D eigenvalue weighted by molar-refractivity contribution is 5.85. The third-order valence-electron chi connectivity index (χ3n) is 8.33. The zero-order valence-electron chi connectivity index (χ0n) is 15.0. The minimum atomic E-state index is -0.589. The summed E-state index contributed by atoms with van der Waals surface area (Å²) in [4.78, 5) is 12.8. The molecule has 3 rings (SSSR count). The third-order valence-corrected chi connectivity index (χ3v) is 8.33. The van der Waals surface area contributed by atoms with Crippen molar-refractivity contribution in [1.82, 2.24) is 0 Å². The van der Waals surface area contributed by atoms with E-state index in [1.807, 2.05) is 13.0 Å². The number of hydrogen-bond donors (Lipinski definition) is 2. The average Bonchev–Trinajstić information content (AvgIpc) is 2.87. The molecular formula is C20H32O3. The maximum absolute atomic E-state index is 12.8. The van der Waals surface area contributed by atoms with Crippen molar-refractivity contribution in [3.8, 4) is 0 Å². The summed E-state index contributed by atoms with van der Waals surface area (Å²) >= 11 is 0. The Bertz CT molecular complexity index is 529. The molecule has 0 aromatic rings. The lowest BCUT2D eigenvalue weighted by atomic mass is 9.44. The highest BCUT2D eigenvalue weighted by Crippen LogP contribution is 2.67. The molecule has 3 aliphatic carbocycles. The zero-order valence-corrected chi connectivity index (χ0v) is 15.0. The van der Waals surface area contributed by atoms with Crippen molar-refractivity contribution in [3.05, 3.63) is 12.7 Å². The standard InChI is InChI=1S/C20H32O3/c1-6-18(4)11-15(22)19(5)12(2)7-9-20(13(3)17(18)23)10-8-14(21)16(19)20/h6,12-13,15-17,22-23H,1,7-11H2,2-5H3/t12?,13-,15+,16?,17?,18+,19-,20-/m0/s1. The molecule has 3 aliphatic rings. The highest BCUT2D eigenvalue weighted by Gasteiger charge is 2.67. The lowest BCUT2D eigenvalue weighted by Gasteiger charge is -2.61. The molecule has 3 nitrogen and oxygen atoms in total. The fraction of sp³-hybridized carbons (Fsp3) is 0.850. The van der Waals surface area contributed by atoms with Gasteiger partial charge in [-0.2, -0.15) is 0 Å². The van der Waals surface area contributed by atoms with Gasteiger partial charge in [-0.15, -0.1) is 6.58 Å². The van der Waals surface area contributed by atoms with Crippen LogP contribution in [0.5, 0.6) is 0 Å². The van der Waals surface area contributed by atoms with Gasteiger partial charge in [-0.3, -0.25) is 4.79 Å². The summed E-state index contributed by atoms with van der Waals surface area (Å²) in [5.41, 5.74) is -1.07. The molecule has 0 aromatic carbocycles. The Balaban J connectivity index is 2.21. The van der Waals surface area contributed by atoms with Crippen LogP contribution in [0.1, 0.15) is 59.8 Å². The molecule has 3 saturated carbocycles. The van der Waals surface area contributed by atoms with Crippen LogP contribution in [0.3, 0.4) is 0 Å². The van der Waals surface area contributed by atoms with E-state index in [1.165, 1.54) is 0 Å². The van der Waals surface area contributed by atoms with Crippen LogP contribution in [0.2, 0.25) is 0 Å². The number of Topliss-reactive ketones (excluding diaryl/α,β-unsaturated/α-hetero) is 1. The van der Waals surface area contributed by atoms with E-state index in [2.05, 4.69) is 27.4 Å². The molecule has 3 fully saturated rings. The Morgan fingerprint density at radius 3 is 2.48 bits per heavy atom. The first-order valence-corrected chi connectivity index (χ1v) is 9.16. The summed E-state index contributed by atoms with van der Waals surface area (Å²) in [5.74, 6) is 0.544.